The molecule has 0 aliphatic heterocycles. The molecule has 0 aliphatic carbocycles. The van der Waals surface area contributed by atoms with Gasteiger partial charge in [-0.25, -0.2) is 4.98 Å². The van der Waals surface area contributed by atoms with Crippen LogP contribution in [0.2, 0.25) is 5.02 Å². The molecule has 2 aromatic rings. The van der Waals surface area contributed by atoms with Gasteiger partial charge in [-0.2, -0.15) is 0 Å². The maximum absolute atomic E-state index is 11.8. The van der Waals surface area contributed by atoms with Crippen molar-refractivity contribution in [3.05, 3.63) is 52.7 Å². The van der Waals surface area contributed by atoms with Gasteiger partial charge in [0.2, 0.25) is 0 Å². The minimum atomic E-state index is -0.263. The van der Waals surface area contributed by atoms with Gasteiger partial charge in [-0.15, -0.1) is 0 Å². The van der Waals surface area contributed by atoms with Crippen molar-refractivity contribution in [1.29, 1.82) is 0 Å². The summed E-state index contributed by atoms with van der Waals surface area (Å²) in [7, 11) is 0. The van der Waals surface area contributed by atoms with Gasteiger partial charge in [0.1, 0.15) is 11.6 Å². The Hall–Kier alpha value is -2.07. The molecule has 0 fully saturated rings. The Bertz CT molecular complexity index is 612. The first kappa shape index (κ1) is 14.3. The van der Waals surface area contributed by atoms with Crippen LogP contribution in [0.1, 0.15) is 11.1 Å². The number of benzene rings is 1. The van der Waals surface area contributed by atoms with Gasteiger partial charge in [0, 0.05) is 6.20 Å². The summed E-state index contributed by atoms with van der Waals surface area (Å²) >= 11 is 5.72. The number of ether oxygens (including phenoxy) is 1. The van der Waals surface area contributed by atoms with Gasteiger partial charge in [-0.05, 0) is 43.2 Å². The van der Waals surface area contributed by atoms with E-state index in [4.69, 9.17) is 16.3 Å². The van der Waals surface area contributed by atoms with Crippen molar-refractivity contribution in [2.75, 3.05) is 11.9 Å². The second-order valence-corrected chi connectivity index (χ2v) is 4.90. The van der Waals surface area contributed by atoms with E-state index < -0.39 is 0 Å². The molecule has 1 heterocycles. The van der Waals surface area contributed by atoms with Crippen molar-refractivity contribution in [3.8, 4) is 5.75 Å². The van der Waals surface area contributed by atoms with Crippen LogP contribution >= 0.6 is 11.6 Å². The summed E-state index contributed by atoms with van der Waals surface area (Å²) in [6.45, 7) is 3.85. The highest BCUT2D eigenvalue weighted by atomic mass is 35.5. The second-order valence-electron chi connectivity index (χ2n) is 4.47. The van der Waals surface area contributed by atoms with Gasteiger partial charge in [0.05, 0.1) is 5.02 Å². The lowest BCUT2D eigenvalue weighted by Gasteiger charge is -2.10. The molecule has 0 saturated heterocycles. The number of nitrogens with one attached hydrogen (secondary N) is 1. The van der Waals surface area contributed by atoms with Crippen LogP contribution in [0.25, 0.3) is 0 Å². The molecule has 5 heteroatoms. The highest BCUT2D eigenvalue weighted by molar-refractivity contribution is 6.30. The van der Waals surface area contributed by atoms with Gasteiger partial charge in [0.25, 0.3) is 5.91 Å². The molecule has 0 aliphatic rings. The molecule has 0 saturated carbocycles. The summed E-state index contributed by atoms with van der Waals surface area (Å²) < 4.78 is 5.51. The van der Waals surface area contributed by atoms with Crippen LogP contribution in [0, 0.1) is 13.8 Å². The largest absolute Gasteiger partial charge is 0.483 e. The maximum atomic E-state index is 11.8. The number of hydrogen-bond donors (Lipinski definition) is 1. The van der Waals surface area contributed by atoms with Gasteiger partial charge in [-0.3, -0.25) is 4.79 Å². The zero-order valence-electron chi connectivity index (χ0n) is 11.3. The van der Waals surface area contributed by atoms with Gasteiger partial charge < -0.3 is 10.1 Å². The molecule has 0 unspecified atom stereocenters. The predicted molar refractivity (Wildman–Crippen MR) is 79.3 cm³/mol. The molecule has 1 aromatic carbocycles. The fraction of sp³-hybridized carbons (Fsp3) is 0.200. The number of carbonyl (C=O) groups excluding carboxylic acids is 1. The number of rotatable bonds is 4. The lowest BCUT2D eigenvalue weighted by atomic mass is 10.1. The van der Waals surface area contributed by atoms with Crippen LogP contribution in [0.3, 0.4) is 0 Å². The molecule has 0 spiro atoms. The number of halogens is 1. The monoisotopic (exact) mass is 290 g/mol. The van der Waals surface area contributed by atoms with E-state index in [9.17, 15) is 4.79 Å². The minimum Gasteiger partial charge on any atom is -0.483 e. The first-order valence-electron chi connectivity index (χ1n) is 6.16. The zero-order valence-corrected chi connectivity index (χ0v) is 12.1. The number of pyridine rings is 1. The summed E-state index contributed by atoms with van der Waals surface area (Å²) in [5, 5.41) is 3.16. The molecule has 0 bridgehead atoms. The number of nitrogens with zero attached hydrogens (tertiary/aromatic N) is 1. The highest BCUT2D eigenvalue weighted by Gasteiger charge is 2.06. The number of aromatic nitrogens is 1. The summed E-state index contributed by atoms with van der Waals surface area (Å²) in [6.07, 6.45) is 1.47. The van der Waals surface area contributed by atoms with E-state index in [-0.39, 0.29) is 12.5 Å². The van der Waals surface area contributed by atoms with Crippen LogP contribution < -0.4 is 10.1 Å². The SMILES string of the molecule is Cc1ccc(C)c(OCC(=O)Nc2ccc(Cl)cn2)c1. The molecule has 4 nitrogen and oxygen atoms in total. The lowest BCUT2D eigenvalue weighted by Crippen LogP contribution is -2.21. The number of amides is 1. The van der Waals surface area contributed by atoms with E-state index in [1.165, 1.54) is 6.20 Å². The highest BCUT2D eigenvalue weighted by Crippen LogP contribution is 2.19. The third kappa shape index (κ3) is 3.96. The number of aryl methyl sites for hydroxylation is 2. The van der Waals surface area contributed by atoms with E-state index in [0.29, 0.717) is 16.6 Å². The standard InChI is InChI=1S/C15H15ClN2O2/c1-10-3-4-11(2)13(7-10)20-9-15(19)18-14-6-5-12(16)8-17-14/h3-8H,9H2,1-2H3,(H,17,18,19). The third-order valence-corrected chi connectivity index (χ3v) is 2.92. The van der Waals surface area contributed by atoms with E-state index >= 15 is 0 Å². The molecule has 2 rings (SSSR count). The Labute approximate surface area is 122 Å². The Kier molecular flexibility index (Phi) is 4.58. The van der Waals surface area contributed by atoms with Crippen LogP contribution in [-0.4, -0.2) is 17.5 Å². The fourth-order valence-electron chi connectivity index (χ4n) is 1.63. The molecule has 0 radical (unpaired) electrons. The number of hydrogen-bond acceptors (Lipinski definition) is 3. The van der Waals surface area contributed by atoms with E-state index in [1.807, 2.05) is 32.0 Å². The van der Waals surface area contributed by atoms with Crippen LogP contribution in [0.15, 0.2) is 36.5 Å². The summed E-state index contributed by atoms with van der Waals surface area (Å²) in [6, 6.07) is 9.17. The molecule has 0 atom stereocenters. The molecule has 20 heavy (non-hydrogen) atoms. The third-order valence-electron chi connectivity index (χ3n) is 2.70. The maximum Gasteiger partial charge on any atom is 0.263 e. The molecular weight excluding hydrogens is 276 g/mol. The van der Waals surface area contributed by atoms with Gasteiger partial charge >= 0.3 is 0 Å². The topological polar surface area (TPSA) is 51.2 Å². The van der Waals surface area contributed by atoms with E-state index in [1.54, 1.807) is 12.1 Å². The van der Waals surface area contributed by atoms with Crippen LogP contribution in [-0.2, 0) is 4.79 Å². The van der Waals surface area contributed by atoms with Gasteiger partial charge in [0.15, 0.2) is 6.61 Å². The molecule has 104 valence electrons. The number of carbonyl (C=O) groups is 1. The molecular formula is C15H15ClN2O2. The molecule has 1 amide bonds. The second kappa shape index (κ2) is 6.39. The van der Waals surface area contributed by atoms with Crippen molar-refractivity contribution < 1.29 is 9.53 Å². The fourth-order valence-corrected chi connectivity index (χ4v) is 1.75. The van der Waals surface area contributed by atoms with Gasteiger partial charge in [-0.1, -0.05) is 23.7 Å². The Morgan fingerprint density at radius 3 is 2.80 bits per heavy atom. The first-order valence-corrected chi connectivity index (χ1v) is 6.54. The van der Waals surface area contributed by atoms with Crippen molar-refractivity contribution in [1.82, 2.24) is 4.98 Å². The smallest absolute Gasteiger partial charge is 0.263 e. The van der Waals surface area contributed by atoms with Crippen LogP contribution in [0.5, 0.6) is 5.75 Å². The Morgan fingerprint density at radius 2 is 2.10 bits per heavy atom. The van der Waals surface area contributed by atoms with Crippen molar-refractivity contribution in [2.24, 2.45) is 0 Å². The van der Waals surface area contributed by atoms with Crippen LogP contribution in [0.4, 0.5) is 5.82 Å². The number of anilines is 1. The van der Waals surface area contributed by atoms with Crippen molar-refractivity contribution >= 4 is 23.3 Å². The Balaban J connectivity index is 1.92. The summed E-state index contributed by atoms with van der Waals surface area (Å²) in [4.78, 5) is 15.7. The summed E-state index contributed by atoms with van der Waals surface area (Å²) in [5.41, 5.74) is 2.08. The van der Waals surface area contributed by atoms with E-state index in [2.05, 4.69) is 10.3 Å². The average molecular weight is 291 g/mol. The Morgan fingerprint density at radius 1 is 1.30 bits per heavy atom. The minimum absolute atomic E-state index is 0.0609. The normalized spacial score (nSPS) is 10.2. The summed E-state index contributed by atoms with van der Waals surface area (Å²) in [5.74, 6) is 0.897. The van der Waals surface area contributed by atoms with Crippen molar-refractivity contribution in [2.45, 2.75) is 13.8 Å². The quantitative estimate of drug-likeness (QED) is 0.939. The predicted octanol–water partition coefficient (Wildman–Crippen LogP) is 3.37. The molecule has 1 aromatic heterocycles. The molecule has 1 N–H and O–H groups in total. The zero-order chi connectivity index (χ0) is 14.5. The lowest BCUT2D eigenvalue weighted by molar-refractivity contribution is -0.118. The van der Waals surface area contributed by atoms with E-state index in [0.717, 1.165) is 11.1 Å². The average Bonchev–Trinajstić information content (AvgIpc) is 2.42. The van der Waals surface area contributed by atoms with Crippen molar-refractivity contribution in [3.63, 3.8) is 0 Å². The first-order chi connectivity index (χ1) is 9.54.